The van der Waals surface area contributed by atoms with Gasteiger partial charge in [0.05, 0.1) is 42.7 Å². The molecule has 0 bridgehead atoms. The minimum absolute atomic E-state index is 0.231. The Morgan fingerprint density at radius 3 is 2.47 bits per heavy atom. The smallest absolute Gasteiger partial charge is 0.338 e. The monoisotopic (exact) mass is 506 g/mol. The first-order valence-corrected chi connectivity index (χ1v) is 12.6. The highest BCUT2D eigenvalue weighted by molar-refractivity contribution is 7.07. The molecule has 0 spiro atoms. The molecule has 1 atom stereocenters. The Balaban J connectivity index is 1.95. The number of allylic oxidation sites excluding steroid dienone is 1. The quantitative estimate of drug-likeness (QED) is 0.454. The van der Waals surface area contributed by atoms with Gasteiger partial charge in [-0.1, -0.05) is 49.4 Å². The Morgan fingerprint density at radius 1 is 1.14 bits per heavy atom. The van der Waals surface area contributed by atoms with E-state index in [1.165, 1.54) is 16.9 Å². The van der Waals surface area contributed by atoms with Gasteiger partial charge in [0.1, 0.15) is 11.5 Å². The van der Waals surface area contributed by atoms with Crippen molar-refractivity contribution in [2.45, 2.75) is 39.7 Å². The highest BCUT2D eigenvalue weighted by atomic mass is 32.1. The summed E-state index contributed by atoms with van der Waals surface area (Å²) >= 11 is 1.27. The fraction of sp³-hybridized carbons (Fsp3) is 0.321. The lowest BCUT2D eigenvalue weighted by Gasteiger charge is -2.25. The van der Waals surface area contributed by atoms with Crippen molar-refractivity contribution in [3.63, 3.8) is 0 Å². The van der Waals surface area contributed by atoms with Gasteiger partial charge >= 0.3 is 5.97 Å². The van der Waals surface area contributed by atoms with Crippen LogP contribution in [0.5, 0.6) is 11.5 Å². The minimum atomic E-state index is -0.643. The summed E-state index contributed by atoms with van der Waals surface area (Å²) in [5.41, 5.74) is 3.38. The third-order valence-electron chi connectivity index (χ3n) is 6.16. The molecule has 0 radical (unpaired) electrons. The molecule has 0 N–H and O–H groups in total. The van der Waals surface area contributed by atoms with E-state index in [0.717, 1.165) is 5.56 Å². The van der Waals surface area contributed by atoms with Crippen molar-refractivity contribution in [3.05, 3.63) is 90.1 Å². The highest BCUT2D eigenvalue weighted by Crippen LogP contribution is 2.31. The van der Waals surface area contributed by atoms with Crippen molar-refractivity contribution < 1.29 is 19.0 Å². The molecule has 3 aromatic rings. The molecule has 2 aromatic carbocycles. The second-order valence-corrected chi connectivity index (χ2v) is 9.74. The number of benzene rings is 2. The molecule has 2 heterocycles. The van der Waals surface area contributed by atoms with Crippen LogP contribution in [0.1, 0.15) is 56.3 Å². The van der Waals surface area contributed by atoms with Crippen LogP contribution in [0.25, 0.3) is 6.08 Å². The molecule has 1 aliphatic rings. The van der Waals surface area contributed by atoms with E-state index in [1.54, 1.807) is 50.8 Å². The summed E-state index contributed by atoms with van der Waals surface area (Å²) in [6, 6.07) is 12.8. The maximum atomic E-state index is 13.8. The molecule has 0 amide bonds. The molecular weight excluding hydrogens is 476 g/mol. The number of hydrogen-bond acceptors (Lipinski definition) is 7. The van der Waals surface area contributed by atoms with Gasteiger partial charge in [0.25, 0.3) is 5.56 Å². The first-order valence-electron chi connectivity index (χ1n) is 11.8. The summed E-state index contributed by atoms with van der Waals surface area (Å²) in [5.74, 6) is 1.16. The fourth-order valence-corrected chi connectivity index (χ4v) is 5.30. The van der Waals surface area contributed by atoms with E-state index in [1.807, 2.05) is 30.3 Å². The number of thiazole rings is 1. The summed E-state index contributed by atoms with van der Waals surface area (Å²) in [6.45, 7) is 8.02. The zero-order valence-corrected chi connectivity index (χ0v) is 22.1. The number of methoxy groups -OCH3 is 2. The molecule has 4 rings (SSSR count). The topological polar surface area (TPSA) is 79.1 Å². The standard InChI is InChI=1S/C28H30N2O5S/c1-7-35-27(32)24-17(4)29-28-30(25(24)19-10-8-18(9-11-19)16(2)3)26(31)23(36-28)15-20-14-21(33-5)12-13-22(20)34-6/h8-16,25H,7H2,1-6H3/b23-15-/t25-/m1/s1. The van der Waals surface area contributed by atoms with Crippen LogP contribution in [0.4, 0.5) is 0 Å². The van der Waals surface area contributed by atoms with Gasteiger partial charge in [-0.05, 0) is 55.2 Å². The van der Waals surface area contributed by atoms with Crippen LogP contribution < -0.4 is 24.4 Å². The summed E-state index contributed by atoms with van der Waals surface area (Å²) in [7, 11) is 3.17. The Bertz CT molecular complexity index is 1500. The van der Waals surface area contributed by atoms with Crippen LogP contribution in [-0.2, 0) is 9.53 Å². The summed E-state index contributed by atoms with van der Waals surface area (Å²) in [6.07, 6.45) is 1.77. The Hall–Kier alpha value is -3.65. The number of aromatic nitrogens is 1. The minimum Gasteiger partial charge on any atom is -0.497 e. The van der Waals surface area contributed by atoms with Gasteiger partial charge in [-0.3, -0.25) is 9.36 Å². The zero-order chi connectivity index (χ0) is 26.0. The Labute approximate surface area is 214 Å². The number of nitrogens with zero attached hydrogens (tertiary/aromatic N) is 2. The van der Waals surface area contributed by atoms with E-state index in [0.29, 0.717) is 43.6 Å². The first kappa shape index (κ1) is 25.4. The number of esters is 1. The van der Waals surface area contributed by atoms with E-state index >= 15 is 0 Å². The lowest BCUT2D eigenvalue weighted by Crippen LogP contribution is -2.39. The van der Waals surface area contributed by atoms with E-state index < -0.39 is 12.0 Å². The average Bonchev–Trinajstić information content (AvgIpc) is 3.17. The van der Waals surface area contributed by atoms with Gasteiger partial charge < -0.3 is 14.2 Å². The molecule has 7 nitrogen and oxygen atoms in total. The average molecular weight is 507 g/mol. The first-order chi connectivity index (χ1) is 17.3. The third-order valence-corrected chi connectivity index (χ3v) is 7.14. The maximum absolute atomic E-state index is 13.8. The lowest BCUT2D eigenvalue weighted by atomic mass is 9.93. The normalized spacial score (nSPS) is 15.5. The summed E-state index contributed by atoms with van der Waals surface area (Å²) < 4.78 is 18.3. The van der Waals surface area contributed by atoms with Gasteiger partial charge in [0.2, 0.25) is 0 Å². The molecule has 36 heavy (non-hydrogen) atoms. The number of carbonyl (C=O) groups excluding carboxylic acids is 1. The van der Waals surface area contributed by atoms with Crippen molar-refractivity contribution in [1.82, 2.24) is 4.57 Å². The predicted octanol–water partition coefficient (Wildman–Crippen LogP) is 3.94. The summed E-state index contributed by atoms with van der Waals surface area (Å²) in [4.78, 5) is 32.0. The number of carbonyl (C=O) groups is 1. The Morgan fingerprint density at radius 2 is 1.86 bits per heavy atom. The summed E-state index contributed by atoms with van der Waals surface area (Å²) in [5, 5.41) is 0. The number of rotatable bonds is 7. The van der Waals surface area contributed by atoms with Crippen LogP contribution in [-0.4, -0.2) is 31.4 Å². The van der Waals surface area contributed by atoms with Crippen LogP contribution in [0.3, 0.4) is 0 Å². The molecular formula is C28H30N2O5S. The number of hydrogen-bond donors (Lipinski definition) is 0. The van der Waals surface area contributed by atoms with Crippen molar-refractivity contribution in [2.24, 2.45) is 4.99 Å². The Kier molecular flexibility index (Phi) is 7.45. The molecule has 0 saturated heterocycles. The molecule has 1 aromatic heterocycles. The van der Waals surface area contributed by atoms with E-state index in [9.17, 15) is 9.59 Å². The maximum Gasteiger partial charge on any atom is 0.338 e. The fourth-order valence-electron chi connectivity index (χ4n) is 4.26. The van der Waals surface area contributed by atoms with Crippen molar-refractivity contribution in [1.29, 1.82) is 0 Å². The predicted molar refractivity (Wildman–Crippen MR) is 140 cm³/mol. The molecule has 8 heteroatoms. The van der Waals surface area contributed by atoms with Crippen LogP contribution in [0.2, 0.25) is 0 Å². The third kappa shape index (κ3) is 4.73. The number of fused-ring (bicyclic) bond motifs is 1. The van der Waals surface area contributed by atoms with Gasteiger partial charge in [-0.15, -0.1) is 0 Å². The number of ether oxygens (including phenoxy) is 3. The van der Waals surface area contributed by atoms with Crippen LogP contribution >= 0.6 is 11.3 Å². The van der Waals surface area contributed by atoms with Gasteiger partial charge in [-0.25, -0.2) is 9.79 Å². The lowest BCUT2D eigenvalue weighted by molar-refractivity contribution is -0.139. The molecule has 0 unspecified atom stereocenters. The van der Waals surface area contributed by atoms with Crippen LogP contribution in [0, 0.1) is 0 Å². The van der Waals surface area contributed by atoms with Crippen molar-refractivity contribution in [2.75, 3.05) is 20.8 Å². The molecule has 1 aliphatic heterocycles. The van der Waals surface area contributed by atoms with E-state index in [2.05, 4.69) is 18.8 Å². The molecule has 188 valence electrons. The van der Waals surface area contributed by atoms with E-state index in [-0.39, 0.29) is 12.2 Å². The van der Waals surface area contributed by atoms with Crippen LogP contribution in [0.15, 0.2) is 63.5 Å². The van der Waals surface area contributed by atoms with Gasteiger partial charge in [0.15, 0.2) is 4.80 Å². The highest BCUT2D eigenvalue weighted by Gasteiger charge is 2.33. The van der Waals surface area contributed by atoms with Gasteiger partial charge in [0, 0.05) is 5.56 Å². The molecule has 0 saturated carbocycles. The largest absolute Gasteiger partial charge is 0.497 e. The van der Waals surface area contributed by atoms with E-state index in [4.69, 9.17) is 14.2 Å². The molecule has 0 fully saturated rings. The second kappa shape index (κ2) is 10.5. The van der Waals surface area contributed by atoms with Crippen molar-refractivity contribution in [3.8, 4) is 11.5 Å². The van der Waals surface area contributed by atoms with Crippen molar-refractivity contribution >= 4 is 23.4 Å². The zero-order valence-electron chi connectivity index (χ0n) is 21.3. The SMILES string of the molecule is CCOC(=O)C1=C(C)N=c2s/c(=C\c3cc(OC)ccc3OC)c(=O)n2[C@@H]1c1ccc(C(C)C)cc1. The molecule has 0 aliphatic carbocycles. The second-order valence-electron chi connectivity index (χ2n) is 8.73. The van der Waals surface area contributed by atoms with Gasteiger partial charge in [-0.2, -0.15) is 0 Å².